The van der Waals surface area contributed by atoms with Crippen molar-refractivity contribution in [2.45, 2.75) is 13.8 Å². The van der Waals surface area contributed by atoms with Crippen LogP contribution in [0.15, 0.2) is 18.2 Å². The van der Waals surface area contributed by atoms with Crippen LogP contribution in [0.5, 0.6) is 11.6 Å². The third kappa shape index (κ3) is 2.81. The Balaban J connectivity index is 2.45. The molecular formula is C13H9ClF3NO. The van der Waals surface area contributed by atoms with Gasteiger partial charge in [-0.05, 0) is 37.1 Å². The molecule has 0 atom stereocenters. The van der Waals surface area contributed by atoms with Crippen LogP contribution in [0.25, 0.3) is 0 Å². The summed E-state index contributed by atoms with van der Waals surface area (Å²) in [6, 6.07) is 3.61. The Kier molecular flexibility index (Phi) is 3.66. The smallest absolute Gasteiger partial charge is 0.258 e. The van der Waals surface area contributed by atoms with Gasteiger partial charge in [0.2, 0.25) is 0 Å². The van der Waals surface area contributed by atoms with Gasteiger partial charge >= 0.3 is 0 Å². The van der Waals surface area contributed by atoms with Gasteiger partial charge in [-0.15, -0.1) is 0 Å². The molecule has 0 radical (unpaired) electrons. The summed E-state index contributed by atoms with van der Waals surface area (Å²) in [6.07, 6.45) is 0. The van der Waals surface area contributed by atoms with E-state index >= 15 is 0 Å². The number of aromatic nitrogens is 1. The van der Waals surface area contributed by atoms with Gasteiger partial charge in [-0.3, -0.25) is 0 Å². The van der Waals surface area contributed by atoms with Gasteiger partial charge in [-0.1, -0.05) is 11.6 Å². The fourth-order valence-electron chi connectivity index (χ4n) is 1.66. The molecule has 0 N–H and O–H groups in total. The van der Waals surface area contributed by atoms with Gasteiger partial charge in [0.25, 0.3) is 11.8 Å². The molecule has 0 aliphatic heterocycles. The zero-order valence-corrected chi connectivity index (χ0v) is 10.9. The summed E-state index contributed by atoms with van der Waals surface area (Å²) >= 11 is 5.85. The summed E-state index contributed by atoms with van der Waals surface area (Å²) in [7, 11) is 0. The van der Waals surface area contributed by atoms with E-state index in [0.717, 1.165) is 0 Å². The predicted octanol–water partition coefficient (Wildman–Crippen LogP) is 4.56. The molecule has 100 valence electrons. The molecule has 0 bridgehead atoms. The first-order chi connectivity index (χ1) is 8.88. The van der Waals surface area contributed by atoms with Crippen LogP contribution in [0.1, 0.15) is 11.1 Å². The Hall–Kier alpha value is -1.75. The molecule has 0 aliphatic rings. The van der Waals surface area contributed by atoms with Crippen LogP contribution in [0.4, 0.5) is 13.2 Å². The summed E-state index contributed by atoms with van der Waals surface area (Å²) in [4.78, 5) is 3.10. The lowest BCUT2D eigenvalue weighted by Gasteiger charge is -2.12. The zero-order chi connectivity index (χ0) is 14.2. The molecule has 2 aromatic rings. The fraction of sp³-hybridized carbons (Fsp3) is 0.154. The highest BCUT2D eigenvalue weighted by Gasteiger charge is 2.15. The third-order valence-corrected chi connectivity index (χ3v) is 2.70. The van der Waals surface area contributed by atoms with Crippen LogP contribution in [0, 0.1) is 31.4 Å². The summed E-state index contributed by atoms with van der Waals surface area (Å²) in [5.41, 5.74) is 1.27. The second-order valence-electron chi connectivity index (χ2n) is 4.02. The number of rotatable bonds is 2. The van der Waals surface area contributed by atoms with Gasteiger partial charge in [0.05, 0.1) is 0 Å². The maximum atomic E-state index is 13.4. The van der Waals surface area contributed by atoms with Gasteiger partial charge < -0.3 is 4.74 Å². The van der Waals surface area contributed by atoms with Gasteiger partial charge in [0.15, 0.2) is 11.6 Å². The Morgan fingerprint density at radius 2 is 1.58 bits per heavy atom. The highest BCUT2D eigenvalue weighted by Crippen LogP contribution is 2.31. The Morgan fingerprint density at radius 3 is 2.16 bits per heavy atom. The van der Waals surface area contributed by atoms with E-state index in [1.807, 2.05) is 0 Å². The average molecular weight is 288 g/mol. The second-order valence-corrected chi connectivity index (χ2v) is 4.46. The van der Waals surface area contributed by atoms with E-state index in [0.29, 0.717) is 28.0 Å². The first kappa shape index (κ1) is 13.7. The van der Waals surface area contributed by atoms with Crippen LogP contribution in [-0.2, 0) is 0 Å². The van der Waals surface area contributed by atoms with Crippen molar-refractivity contribution in [3.8, 4) is 11.6 Å². The number of benzene rings is 1. The molecule has 0 amide bonds. The Bertz CT molecular complexity index is 623. The van der Waals surface area contributed by atoms with Crippen LogP contribution in [0.3, 0.4) is 0 Å². The molecule has 0 spiro atoms. The minimum Gasteiger partial charge on any atom is -0.436 e. The van der Waals surface area contributed by atoms with E-state index in [1.54, 1.807) is 26.0 Å². The van der Waals surface area contributed by atoms with Crippen LogP contribution < -0.4 is 4.74 Å². The highest BCUT2D eigenvalue weighted by atomic mass is 35.5. The molecule has 0 saturated heterocycles. The molecule has 1 heterocycles. The molecule has 19 heavy (non-hydrogen) atoms. The minimum atomic E-state index is -1.42. The first-order valence-electron chi connectivity index (χ1n) is 5.34. The molecule has 2 rings (SSSR count). The van der Waals surface area contributed by atoms with Crippen LogP contribution >= 0.6 is 11.6 Å². The number of halogens is 4. The maximum absolute atomic E-state index is 13.4. The Labute approximate surface area is 112 Å². The number of pyridine rings is 1. The lowest BCUT2D eigenvalue weighted by molar-refractivity contribution is 0.384. The SMILES string of the molecule is Cc1cc(Cl)cc(C)c1Oc1nc(F)c(F)cc1F. The number of aryl methyl sites for hydroxylation is 2. The summed E-state index contributed by atoms with van der Waals surface area (Å²) in [5, 5.41) is 0.501. The molecule has 1 aromatic heterocycles. The van der Waals surface area contributed by atoms with E-state index in [9.17, 15) is 13.2 Å². The average Bonchev–Trinajstić information content (AvgIpc) is 2.29. The van der Waals surface area contributed by atoms with Crippen molar-refractivity contribution in [1.82, 2.24) is 4.98 Å². The van der Waals surface area contributed by atoms with E-state index in [2.05, 4.69) is 4.98 Å². The molecular weight excluding hydrogens is 279 g/mol. The van der Waals surface area contributed by atoms with Crippen molar-refractivity contribution >= 4 is 11.6 Å². The van der Waals surface area contributed by atoms with Crippen molar-refractivity contribution in [3.05, 3.63) is 51.9 Å². The van der Waals surface area contributed by atoms with Crippen LogP contribution in [0.2, 0.25) is 5.02 Å². The normalized spacial score (nSPS) is 10.6. The van der Waals surface area contributed by atoms with Gasteiger partial charge in [-0.2, -0.15) is 9.37 Å². The lowest BCUT2D eigenvalue weighted by atomic mass is 10.1. The zero-order valence-electron chi connectivity index (χ0n) is 10.1. The topological polar surface area (TPSA) is 22.1 Å². The fourth-order valence-corrected chi connectivity index (χ4v) is 1.98. The molecule has 1 aromatic carbocycles. The number of ether oxygens (including phenoxy) is 1. The second kappa shape index (κ2) is 5.09. The monoisotopic (exact) mass is 287 g/mol. The first-order valence-corrected chi connectivity index (χ1v) is 5.72. The molecule has 0 fully saturated rings. The highest BCUT2D eigenvalue weighted by molar-refractivity contribution is 6.30. The van der Waals surface area contributed by atoms with E-state index in [1.165, 1.54) is 0 Å². The van der Waals surface area contributed by atoms with Gasteiger partial charge in [-0.25, -0.2) is 8.78 Å². The standard InChI is InChI=1S/C13H9ClF3NO/c1-6-3-8(14)4-7(2)11(6)19-13-10(16)5-9(15)12(17)18-13/h3-5H,1-2H3. The van der Waals surface area contributed by atoms with Crippen molar-refractivity contribution in [3.63, 3.8) is 0 Å². The van der Waals surface area contributed by atoms with Gasteiger partial charge in [0, 0.05) is 11.1 Å². The van der Waals surface area contributed by atoms with Crippen molar-refractivity contribution < 1.29 is 17.9 Å². The number of hydrogen-bond donors (Lipinski definition) is 0. The van der Waals surface area contributed by atoms with Crippen molar-refractivity contribution in [2.75, 3.05) is 0 Å². The summed E-state index contributed by atoms with van der Waals surface area (Å²) < 4.78 is 44.4. The Morgan fingerprint density at radius 1 is 1.00 bits per heavy atom. The quantitative estimate of drug-likeness (QED) is 0.755. The minimum absolute atomic E-state index is 0.307. The number of hydrogen-bond acceptors (Lipinski definition) is 2. The molecule has 0 unspecified atom stereocenters. The molecule has 6 heteroatoms. The third-order valence-electron chi connectivity index (χ3n) is 2.48. The van der Waals surface area contributed by atoms with E-state index < -0.39 is 23.5 Å². The number of nitrogens with zero attached hydrogens (tertiary/aromatic N) is 1. The van der Waals surface area contributed by atoms with E-state index in [-0.39, 0.29) is 0 Å². The largest absolute Gasteiger partial charge is 0.436 e. The molecule has 0 aliphatic carbocycles. The maximum Gasteiger partial charge on any atom is 0.258 e. The van der Waals surface area contributed by atoms with Crippen molar-refractivity contribution in [1.29, 1.82) is 0 Å². The predicted molar refractivity (Wildman–Crippen MR) is 65.1 cm³/mol. The summed E-state index contributed by atoms with van der Waals surface area (Å²) in [6.45, 7) is 3.40. The summed E-state index contributed by atoms with van der Waals surface area (Å²) in [5.74, 6) is -4.17. The van der Waals surface area contributed by atoms with Crippen LogP contribution in [-0.4, -0.2) is 4.98 Å². The van der Waals surface area contributed by atoms with Crippen molar-refractivity contribution in [2.24, 2.45) is 0 Å². The molecule has 2 nitrogen and oxygen atoms in total. The van der Waals surface area contributed by atoms with E-state index in [4.69, 9.17) is 16.3 Å². The molecule has 0 saturated carbocycles. The lowest BCUT2D eigenvalue weighted by Crippen LogP contribution is -2.00. The van der Waals surface area contributed by atoms with Gasteiger partial charge in [0.1, 0.15) is 5.75 Å².